The summed E-state index contributed by atoms with van der Waals surface area (Å²) in [5.74, 6) is 6.42. The Hall–Kier alpha value is -0.960. The van der Waals surface area contributed by atoms with Crippen LogP contribution in [0, 0.1) is 11.8 Å². The van der Waals surface area contributed by atoms with E-state index in [4.69, 9.17) is 5.11 Å². The van der Waals surface area contributed by atoms with E-state index in [1.54, 1.807) is 23.1 Å². The first-order valence-electron chi connectivity index (χ1n) is 6.50. The molecule has 20 heavy (non-hydrogen) atoms. The first kappa shape index (κ1) is 17.1. The van der Waals surface area contributed by atoms with Gasteiger partial charge in [0.15, 0.2) is 0 Å². The van der Waals surface area contributed by atoms with Crippen LogP contribution in [0.1, 0.15) is 36.9 Å². The zero-order chi connectivity index (χ0) is 15.0. The molecule has 0 unspecified atom stereocenters. The van der Waals surface area contributed by atoms with E-state index in [1.165, 1.54) is 0 Å². The Morgan fingerprint density at radius 2 is 2.20 bits per heavy atom. The van der Waals surface area contributed by atoms with Crippen molar-refractivity contribution in [3.8, 4) is 11.8 Å². The van der Waals surface area contributed by atoms with Gasteiger partial charge in [-0.05, 0) is 12.1 Å². The van der Waals surface area contributed by atoms with E-state index >= 15 is 0 Å². The molecule has 0 spiro atoms. The fourth-order valence-corrected chi connectivity index (χ4v) is 2.75. The molecule has 0 saturated carbocycles. The molecule has 0 fully saturated rings. The number of rotatable bonds is 5. The lowest BCUT2D eigenvalue weighted by Gasteiger charge is -2.16. The van der Waals surface area contributed by atoms with Crippen LogP contribution in [0.2, 0.25) is 0 Å². The fourth-order valence-electron chi connectivity index (χ4n) is 1.26. The molecule has 3 nitrogen and oxygen atoms in total. The highest BCUT2D eigenvalue weighted by atomic mass is 32.2. The van der Waals surface area contributed by atoms with Gasteiger partial charge in [0.2, 0.25) is 5.91 Å². The summed E-state index contributed by atoms with van der Waals surface area (Å²) < 4.78 is 0.107. The predicted molar refractivity (Wildman–Crippen MR) is 87.0 cm³/mol. The molecular formula is C15H21NO2S2. The molecule has 1 aromatic rings. The number of hydrogen-bond donors (Lipinski definition) is 2. The molecule has 1 heterocycles. The van der Waals surface area contributed by atoms with Gasteiger partial charge in [0, 0.05) is 16.0 Å². The van der Waals surface area contributed by atoms with Gasteiger partial charge in [0.1, 0.15) is 0 Å². The molecular weight excluding hydrogens is 290 g/mol. The standard InChI is InChI=1S/C15H21NO2S2/c1-15(2,3)19-11-14(18)16-10-13-8-7-12(20-13)6-4-5-9-17/h7-8,17H,5,9-11H2,1-3H3,(H,16,18). The van der Waals surface area contributed by atoms with E-state index in [0.717, 1.165) is 9.75 Å². The largest absolute Gasteiger partial charge is 0.395 e. The lowest BCUT2D eigenvalue weighted by Crippen LogP contribution is -2.26. The second-order valence-corrected chi connectivity index (χ2v) is 8.19. The number of hydrogen-bond acceptors (Lipinski definition) is 4. The Labute approximate surface area is 129 Å². The summed E-state index contributed by atoms with van der Waals surface area (Å²) in [7, 11) is 0. The van der Waals surface area contributed by atoms with E-state index in [9.17, 15) is 4.79 Å². The number of nitrogens with one attached hydrogen (secondary N) is 1. The number of carbonyl (C=O) groups excluding carboxylic acids is 1. The van der Waals surface area contributed by atoms with E-state index in [-0.39, 0.29) is 17.3 Å². The molecule has 110 valence electrons. The maximum absolute atomic E-state index is 11.7. The molecule has 1 amide bonds. The number of aliphatic hydroxyl groups excluding tert-OH is 1. The Bertz CT molecular complexity index is 492. The number of amides is 1. The lowest BCUT2D eigenvalue weighted by atomic mass is 10.3. The van der Waals surface area contributed by atoms with E-state index in [0.29, 0.717) is 18.7 Å². The number of thiophene rings is 1. The van der Waals surface area contributed by atoms with Crippen molar-refractivity contribution in [3.63, 3.8) is 0 Å². The molecule has 0 saturated heterocycles. The topological polar surface area (TPSA) is 49.3 Å². The number of carbonyl (C=O) groups is 1. The summed E-state index contributed by atoms with van der Waals surface area (Å²) in [6.45, 7) is 6.94. The lowest BCUT2D eigenvalue weighted by molar-refractivity contribution is -0.118. The number of aliphatic hydroxyl groups is 1. The van der Waals surface area contributed by atoms with Gasteiger partial charge >= 0.3 is 0 Å². The van der Waals surface area contributed by atoms with Crippen molar-refractivity contribution in [3.05, 3.63) is 21.9 Å². The van der Waals surface area contributed by atoms with Crippen LogP contribution in [0.4, 0.5) is 0 Å². The third-order valence-corrected chi connectivity index (χ3v) is 4.48. The van der Waals surface area contributed by atoms with Crippen LogP contribution in [-0.2, 0) is 11.3 Å². The van der Waals surface area contributed by atoms with Crippen LogP contribution in [0.15, 0.2) is 12.1 Å². The zero-order valence-corrected chi connectivity index (χ0v) is 13.8. The molecule has 2 N–H and O–H groups in total. The first-order valence-corrected chi connectivity index (χ1v) is 8.30. The minimum Gasteiger partial charge on any atom is -0.395 e. The summed E-state index contributed by atoms with van der Waals surface area (Å²) >= 11 is 3.21. The number of thioether (sulfide) groups is 1. The Kier molecular flexibility index (Phi) is 7.14. The molecule has 0 aromatic carbocycles. The zero-order valence-electron chi connectivity index (χ0n) is 12.2. The van der Waals surface area contributed by atoms with Crippen LogP contribution in [0.3, 0.4) is 0 Å². The van der Waals surface area contributed by atoms with Gasteiger partial charge < -0.3 is 10.4 Å². The van der Waals surface area contributed by atoms with Gasteiger partial charge in [-0.25, -0.2) is 0 Å². The molecule has 0 bridgehead atoms. The van der Waals surface area contributed by atoms with Crippen LogP contribution in [0.5, 0.6) is 0 Å². The molecule has 1 rings (SSSR count). The maximum atomic E-state index is 11.7. The third-order valence-electron chi connectivity index (χ3n) is 2.21. The van der Waals surface area contributed by atoms with Crippen molar-refractivity contribution < 1.29 is 9.90 Å². The van der Waals surface area contributed by atoms with Crippen LogP contribution < -0.4 is 5.32 Å². The highest BCUT2D eigenvalue weighted by Crippen LogP contribution is 2.22. The van der Waals surface area contributed by atoms with E-state index < -0.39 is 0 Å². The van der Waals surface area contributed by atoms with Crippen molar-refractivity contribution in [1.29, 1.82) is 0 Å². The first-order chi connectivity index (χ1) is 9.40. The molecule has 0 aliphatic carbocycles. The molecule has 0 radical (unpaired) electrons. The van der Waals surface area contributed by atoms with Gasteiger partial charge in [-0.15, -0.1) is 23.1 Å². The highest BCUT2D eigenvalue weighted by molar-refractivity contribution is 8.01. The van der Waals surface area contributed by atoms with Gasteiger partial charge in [-0.1, -0.05) is 32.6 Å². The second kappa shape index (κ2) is 8.35. The fraction of sp³-hybridized carbons (Fsp3) is 0.533. The Morgan fingerprint density at radius 1 is 1.45 bits per heavy atom. The molecule has 0 atom stereocenters. The molecule has 1 aromatic heterocycles. The Morgan fingerprint density at radius 3 is 2.85 bits per heavy atom. The minimum absolute atomic E-state index is 0.0613. The minimum atomic E-state index is 0.0613. The summed E-state index contributed by atoms with van der Waals surface area (Å²) in [6, 6.07) is 3.92. The summed E-state index contributed by atoms with van der Waals surface area (Å²) in [5, 5.41) is 11.6. The Balaban J connectivity index is 2.35. The molecule has 0 aliphatic heterocycles. The van der Waals surface area contributed by atoms with Gasteiger partial charge in [0.05, 0.1) is 23.8 Å². The summed E-state index contributed by atoms with van der Waals surface area (Å²) in [6.07, 6.45) is 0.494. The van der Waals surface area contributed by atoms with E-state index in [1.807, 2.05) is 12.1 Å². The monoisotopic (exact) mass is 311 g/mol. The van der Waals surface area contributed by atoms with Crippen LogP contribution in [-0.4, -0.2) is 28.1 Å². The quantitative estimate of drug-likeness (QED) is 0.822. The van der Waals surface area contributed by atoms with Crippen molar-refractivity contribution in [2.45, 2.75) is 38.5 Å². The summed E-state index contributed by atoms with van der Waals surface area (Å²) in [5.41, 5.74) is 0. The van der Waals surface area contributed by atoms with Crippen LogP contribution in [0.25, 0.3) is 0 Å². The normalized spacial score (nSPS) is 10.8. The SMILES string of the molecule is CC(C)(C)SCC(=O)NCc1ccc(C#CCCO)s1. The third kappa shape index (κ3) is 7.59. The summed E-state index contributed by atoms with van der Waals surface area (Å²) in [4.78, 5) is 13.8. The van der Waals surface area contributed by atoms with Crippen molar-refractivity contribution in [1.82, 2.24) is 5.32 Å². The van der Waals surface area contributed by atoms with Gasteiger partial charge in [0.25, 0.3) is 0 Å². The maximum Gasteiger partial charge on any atom is 0.230 e. The van der Waals surface area contributed by atoms with Gasteiger partial charge in [-0.2, -0.15) is 0 Å². The average Bonchev–Trinajstić information content (AvgIpc) is 2.81. The highest BCUT2D eigenvalue weighted by Gasteiger charge is 2.13. The van der Waals surface area contributed by atoms with Gasteiger partial charge in [-0.3, -0.25) is 4.79 Å². The smallest absolute Gasteiger partial charge is 0.230 e. The second-order valence-electron chi connectivity index (χ2n) is 5.22. The van der Waals surface area contributed by atoms with E-state index in [2.05, 4.69) is 37.9 Å². The van der Waals surface area contributed by atoms with Crippen molar-refractivity contribution >= 4 is 29.0 Å². The molecule has 5 heteroatoms. The van der Waals surface area contributed by atoms with Crippen molar-refractivity contribution in [2.24, 2.45) is 0 Å². The van der Waals surface area contributed by atoms with Crippen molar-refractivity contribution in [2.75, 3.05) is 12.4 Å². The average molecular weight is 311 g/mol. The van der Waals surface area contributed by atoms with Crippen LogP contribution >= 0.6 is 23.1 Å². The molecule has 0 aliphatic rings. The predicted octanol–water partition coefficient (Wildman–Crippen LogP) is 2.63.